The Balaban J connectivity index is 2.03. The van der Waals surface area contributed by atoms with Crippen LogP contribution in [0.3, 0.4) is 0 Å². The zero-order valence-corrected chi connectivity index (χ0v) is 13.3. The van der Waals surface area contributed by atoms with Gasteiger partial charge in [-0.2, -0.15) is 5.10 Å². The molecule has 23 heavy (non-hydrogen) atoms. The van der Waals surface area contributed by atoms with Gasteiger partial charge < -0.3 is 14.2 Å². The average Bonchev–Trinajstić information content (AvgIpc) is 3.10. The first-order valence-corrected chi connectivity index (χ1v) is 7.17. The van der Waals surface area contributed by atoms with Crippen molar-refractivity contribution in [1.82, 2.24) is 9.78 Å². The maximum Gasteiger partial charge on any atom is 0.161 e. The van der Waals surface area contributed by atoms with Crippen LogP contribution in [0.5, 0.6) is 17.2 Å². The van der Waals surface area contributed by atoms with Gasteiger partial charge in [-0.3, -0.25) is 0 Å². The number of methoxy groups -OCH3 is 3. The number of rotatable bonds is 5. The molecule has 0 aliphatic carbocycles. The van der Waals surface area contributed by atoms with E-state index in [9.17, 15) is 0 Å². The molecular formula is C18H18N2O3. The quantitative estimate of drug-likeness (QED) is 0.723. The number of hydrogen-bond acceptors (Lipinski definition) is 4. The Morgan fingerprint density at radius 2 is 1.52 bits per heavy atom. The molecule has 0 amide bonds. The van der Waals surface area contributed by atoms with E-state index in [0.29, 0.717) is 11.5 Å². The molecule has 0 atom stereocenters. The van der Waals surface area contributed by atoms with Gasteiger partial charge in [-0.1, -0.05) is 0 Å². The molecule has 0 fully saturated rings. The SMILES string of the molecule is COc1ccc(-n2nccc2-c2ccc(OC)c(OC)c2)cc1. The monoisotopic (exact) mass is 310 g/mol. The van der Waals surface area contributed by atoms with Crippen molar-refractivity contribution in [1.29, 1.82) is 0 Å². The van der Waals surface area contributed by atoms with E-state index < -0.39 is 0 Å². The molecule has 0 saturated heterocycles. The summed E-state index contributed by atoms with van der Waals surface area (Å²) in [7, 11) is 4.90. The van der Waals surface area contributed by atoms with Crippen LogP contribution in [0.25, 0.3) is 16.9 Å². The number of hydrogen-bond donors (Lipinski definition) is 0. The second-order valence-corrected chi connectivity index (χ2v) is 4.90. The van der Waals surface area contributed by atoms with Crippen LogP contribution in [0.4, 0.5) is 0 Å². The second kappa shape index (κ2) is 6.44. The summed E-state index contributed by atoms with van der Waals surface area (Å²) in [5, 5.41) is 4.42. The molecule has 118 valence electrons. The van der Waals surface area contributed by atoms with Crippen LogP contribution < -0.4 is 14.2 Å². The number of aromatic nitrogens is 2. The van der Waals surface area contributed by atoms with E-state index in [1.807, 2.05) is 53.2 Å². The van der Waals surface area contributed by atoms with Crippen molar-refractivity contribution in [3.05, 3.63) is 54.7 Å². The predicted octanol–water partition coefficient (Wildman–Crippen LogP) is 3.57. The maximum absolute atomic E-state index is 5.38. The third kappa shape index (κ3) is 2.85. The lowest BCUT2D eigenvalue weighted by atomic mass is 10.1. The Hall–Kier alpha value is -2.95. The summed E-state index contributed by atoms with van der Waals surface area (Å²) in [6.45, 7) is 0. The zero-order valence-electron chi connectivity index (χ0n) is 13.3. The minimum absolute atomic E-state index is 0.687. The summed E-state index contributed by atoms with van der Waals surface area (Å²) < 4.78 is 17.7. The van der Waals surface area contributed by atoms with Crippen molar-refractivity contribution >= 4 is 0 Å². The summed E-state index contributed by atoms with van der Waals surface area (Å²) in [6.07, 6.45) is 1.77. The van der Waals surface area contributed by atoms with Crippen LogP contribution in [0.15, 0.2) is 54.7 Å². The van der Waals surface area contributed by atoms with E-state index in [1.54, 1.807) is 27.5 Å². The van der Waals surface area contributed by atoms with Crippen molar-refractivity contribution in [2.45, 2.75) is 0 Å². The van der Waals surface area contributed by atoms with Gasteiger partial charge in [-0.25, -0.2) is 4.68 Å². The molecule has 0 aliphatic rings. The molecule has 3 aromatic rings. The van der Waals surface area contributed by atoms with Gasteiger partial charge in [0.1, 0.15) is 5.75 Å². The molecule has 5 nitrogen and oxygen atoms in total. The first kappa shape index (κ1) is 15.0. The van der Waals surface area contributed by atoms with Gasteiger partial charge in [0.2, 0.25) is 0 Å². The Morgan fingerprint density at radius 3 is 2.17 bits per heavy atom. The van der Waals surface area contributed by atoms with E-state index in [-0.39, 0.29) is 0 Å². The highest BCUT2D eigenvalue weighted by atomic mass is 16.5. The first-order chi connectivity index (χ1) is 11.3. The fraction of sp³-hybridized carbons (Fsp3) is 0.167. The lowest BCUT2D eigenvalue weighted by Crippen LogP contribution is -1.99. The molecule has 0 spiro atoms. The number of ether oxygens (including phenoxy) is 3. The summed E-state index contributed by atoms with van der Waals surface area (Å²) >= 11 is 0. The molecule has 0 bridgehead atoms. The fourth-order valence-corrected chi connectivity index (χ4v) is 2.45. The highest BCUT2D eigenvalue weighted by Crippen LogP contribution is 2.33. The second-order valence-electron chi connectivity index (χ2n) is 4.90. The molecule has 1 heterocycles. The highest BCUT2D eigenvalue weighted by Gasteiger charge is 2.11. The van der Waals surface area contributed by atoms with Crippen molar-refractivity contribution in [2.75, 3.05) is 21.3 Å². The Morgan fingerprint density at radius 1 is 0.783 bits per heavy atom. The molecule has 0 N–H and O–H groups in total. The van der Waals surface area contributed by atoms with Crippen LogP contribution in [0.2, 0.25) is 0 Å². The van der Waals surface area contributed by atoms with Gasteiger partial charge in [0.25, 0.3) is 0 Å². The highest BCUT2D eigenvalue weighted by molar-refractivity contribution is 5.66. The molecule has 5 heteroatoms. The Kier molecular flexibility index (Phi) is 4.19. The van der Waals surface area contributed by atoms with Crippen molar-refractivity contribution in [3.63, 3.8) is 0 Å². The molecular weight excluding hydrogens is 292 g/mol. The van der Waals surface area contributed by atoms with Crippen LogP contribution in [-0.4, -0.2) is 31.1 Å². The van der Waals surface area contributed by atoms with Crippen molar-refractivity contribution in [2.24, 2.45) is 0 Å². The average molecular weight is 310 g/mol. The van der Waals surface area contributed by atoms with Crippen molar-refractivity contribution in [3.8, 4) is 34.2 Å². The number of benzene rings is 2. The zero-order chi connectivity index (χ0) is 16.2. The van der Waals surface area contributed by atoms with Crippen LogP contribution in [-0.2, 0) is 0 Å². The largest absolute Gasteiger partial charge is 0.497 e. The third-order valence-electron chi connectivity index (χ3n) is 3.64. The Bertz CT molecular complexity index is 794. The molecule has 2 aromatic carbocycles. The molecule has 0 saturated carbocycles. The molecule has 0 radical (unpaired) electrons. The summed E-state index contributed by atoms with van der Waals surface area (Å²) in [5.74, 6) is 2.20. The Labute approximate surface area is 135 Å². The summed E-state index contributed by atoms with van der Waals surface area (Å²) in [6, 6.07) is 15.5. The minimum atomic E-state index is 0.687. The standard InChI is InChI=1S/C18H18N2O3/c1-21-15-7-5-14(6-8-15)20-16(10-11-19-20)13-4-9-17(22-2)18(12-13)23-3/h4-12H,1-3H3. The van der Waals surface area contributed by atoms with Gasteiger partial charge in [-0.15, -0.1) is 0 Å². The summed E-state index contributed by atoms with van der Waals surface area (Å²) in [5.41, 5.74) is 2.92. The molecule has 1 aromatic heterocycles. The topological polar surface area (TPSA) is 45.5 Å². The van der Waals surface area contributed by atoms with Gasteiger partial charge in [0, 0.05) is 5.56 Å². The fourth-order valence-electron chi connectivity index (χ4n) is 2.45. The lowest BCUT2D eigenvalue weighted by Gasteiger charge is -2.11. The third-order valence-corrected chi connectivity index (χ3v) is 3.64. The maximum atomic E-state index is 5.38. The van der Waals surface area contributed by atoms with Gasteiger partial charge >= 0.3 is 0 Å². The van der Waals surface area contributed by atoms with Gasteiger partial charge in [0.15, 0.2) is 11.5 Å². The predicted molar refractivity (Wildman–Crippen MR) is 88.7 cm³/mol. The van der Waals surface area contributed by atoms with Crippen molar-refractivity contribution < 1.29 is 14.2 Å². The molecule has 0 aliphatic heterocycles. The van der Waals surface area contributed by atoms with E-state index in [4.69, 9.17) is 14.2 Å². The van der Waals surface area contributed by atoms with Crippen LogP contribution in [0.1, 0.15) is 0 Å². The van der Waals surface area contributed by atoms with Gasteiger partial charge in [-0.05, 0) is 48.5 Å². The molecule has 3 rings (SSSR count). The first-order valence-electron chi connectivity index (χ1n) is 7.17. The smallest absolute Gasteiger partial charge is 0.161 e. The van der Waals surface area contributed by atoms with Crippen LogP contribution >= 0.6 is 0 Å². The minimum Gasteiger partial charge on any atom is -0.497 e. The normalized spacial score (nSPS) is 10.4. The van der Waals surface area contributed by atoms with E-state index in [0.717, 1.165) is 22.7 Å². The lowest BCUT2D eigenvalue weighted by molar-refractivity contribution is 0.355. The van der Waals surface area contributed by atoms with E-state index >= 15 is 0 Å². The van der Waals surface area contributed by atoms with Gasteiger partial charge in [0.05, 0.1) is 38.9 Å². The number of nitrogens with zero attached hydrogens (tertiary/aromatic N) is 2. The van der Waals surface area contributed by atoms with E-state index in [2.05, 4.69) is 5.10 Å². The summed E-state index contributed by atoms with van der Waals surface area (Å²) in [4.78, 5) is 0. The van der Waals surface area contributed by atoms with E-state index in [1.165, 1.54) is 0 Å². The molecule has 0 unspecified atom stereocenters. The van der Waals surface area contributed by atoms with Crippen LogP contribution in [0, 0.1) is 0 Å².